The summed E-state index contributed by atoms with van der Waals surface area (Å²) in [6.45, 7) is 1.94. The summed E-state index contributed by atoms with van der Waals surface area (Å²) in [5.41, 5.74) is 1.06. The van der Waals surface area contributed by atoms with Gasteiger partial charge in [-0.1, -0.05) is 30.4 Å². The van der Waals surface area contributed by atoms with Gasteiger partial charge in [0.1, 0.15) is 0 Å². The normalized spacial score (nSPS) is 28.7. The minimum Gasteiger partial charge on any atom is -0.339 e. The predicted octanol–water partition coefficient (Wildman–Crippen LogP) is 1.91. The SMILES string of the molecule is O=C1C(=CC2C=CC=C2)C2CCN1CC2. The molecular formula is C13H15NO. The van der Waals surface area contributed by atoms with Gasteiger partial charge in [-0.15, -0.1) is 0 Å². The van der Waals surface area contributed by atoms with E-state index in [-0.39, 0.29) is 5.91 Å². The Morgan fingerprint density at radius 1 is 1.20 bits per heavy atom. The number of hydrogen-bond donors (Lipinski definition) is 0. The Balaban J connectivity index is 1.88. The van der Waals surface area contributed by atoms with Crippen LogP contribution in [-0.4, -0.2) is 23.9 Å². The summed E-state index contributed by atoms with van der Waals surface area (Å²) in [7, 11) is 0. The largest absolute Gasteiger partial charge is 0.339 e. The van der Waals surface area contributed by atoms with E-state index in [0.717, 1.165) is 31.5 Å². The van der Waals surface area contributed by atoms with Crippen molar-refractivity contribution < 1.29 is 4.79 Å². The molecule has 4 rings (SSSR count). The molecule has 0 spiro atoms. The van der Waals surface area contributed by atoms with E-state index >= 15 is 0 Å². The van der Waals surface area contributed by atoms with E-state index in [1.165, 1.54) is 0 Å². The van der Waals surface area contributed by atoms with E-state index in [2.05, 4.69) is 18.2 Å². The highest BCUT2D eigenvalue weighted by molar-refractivity contribution is 5.95. The maximum atomic E-state index is 12.0. The van der Waals surface area contributed by atoms with Crippen LogP contribution in [0.2, 0.25) is 0 Å². The molecule has 2 heteroatoms. The van der Waals surface area contributed by atoms with E-state index in [4.69, 9.17) is 0 Å². The quantitative estimate of drug-likeness (QED) is 0.593. The van der Waals surface area contributed by atoms with Gasteiger partial charge in [-0.2, -0.15) is 0 Å². The molecule has 1 aliphatic carbocycles. The maximum absolute atomic E-state index is 12.0. The number of rotatable bonds is 1. The number of allylic oxidation sites excluding steroid dienone is 5. The second-order valence-corrected chi connectivity index (χ2v) is 4.54. The van der Waals surface area contributed by atoms with Crippen molar-refractivity contribution in [1.82, 2.24) is 4.90 Å². The van der Waals surface area contributed by atoms with Crippen molar-refractivity contribution in [2.75, 3.05) is 13.1 Å². The lowest BCUT2D eigenvalue weighted by Crippen LogP contribution is -2.47. The first-order chi connectivity index (χ1) is 7.34. The molecule has 3 aliphatic heterocycles. The Hall–Kier alpha value is -1.31. The van der Waals surface area contributed by atoms with E-state index in [9.17, 15) is 4.79 Å². The molecule has 0 atom stereocenters. The van der Waals surface area contributed by atoms with Crippen molar-refractivity contribution in [2.45, 2.75) is 12.8 Å². The number of nitrogens with zero attached hydrogens (tertiary/aromatic N) is 1. The van der Waals surface area contributed by atoms with Crippen molar-refractivity contribution in [3.8, 4) is 0 Å². The summed E-state index contributed by atoms with van der Waals surface area (Å²) in [5, 5.41) is 0. The van der Waals surface area contributed by atoms with Gasteiger partial charge >= 0.3 is 0 Å². The second-order valence-electron chi connectivity index (χ2n) is 4.54. The fourth-order valence-electron chi connectivity index (χ4n) is 2.73. The first-order valence-electron chi connectivity index (χ1n) is 5.70. The third-order valence-electron chi connectivity index (χ3n) is 3.62. The lowest BCUT2D eigenvalue weighted by Gasteiger charge is -2.40. The molecule has 3 heterocycles. The van der Waals surface area contributed by atoms with Gasteiger partial charge in [-0.05, 0) is 18.8 Å². The smallest absolute Gasteiger partial charge is 0.249 e. The molecule has 0 radical (unpaired) electrons. The standard InChI is InChI=1S/C13H15NO/c15-13-12(9-10-3-1-2-4-10)11-5-7-14(13)8-6-11/h1-4,9-11H,5-8H2. The monoisotopic (exact) mass is 201 g/mol. The van der Waals surface area contributed by atoms with Crippen LogP contribution in [0.4, 0.5) is 0 Å². The molecule has 0 saturated carbocycles. The fourth-order valence-corrected chi connectivity index (χ4v) is 2.73. The molecule has 0 aromatic heterocycles. The van der Waals surface area contributed by atoms with Gasteiger partial charge in [0.2, 0.25) is 5.91 Å². The molecule has 1 amide bonds. The summed E-state index contributed by atoms with van der Waals surface area (Å²) in [6, 6.07) is 0. The van der Waals surface area contributed by atoms with Crippen LogP contribution < -0.4 is 0 Å². The second kappa shape index (κ2) is 3.37. The van der Waals surface area contributed by atoms with Crippen LogP contribution in [-0.2, 0) is 4.79 Å². The average molecular weight is 201 g/mol. The summed E-state index contributed by atoms with van der Waals surface area (Å²) >= 11 is 0. The first kappa shape index (κ1) is 8.96. The summed E-state index contributed by atoms with van der Waals surface area (Å²) < 4.78 is 0. The zero-order valence-electron chi connectivity index (χ0n) is 8.73. The zero-order chi connectivity index (χ0) is 10.3. The van der Waals surface area contributed by atoms with Crippen molar-refractivity contribution in [2.24, 2.45) is 11.8 Å². The van der Waals surface area contributed by atoms with Crippen LogP contribution in [0.5, 0.6) is 0 Å². The molecule has 2 bridgehead atoms. The third-order valence-corrected chi connectivity index (χ3v) is 3.62. The van der Waals surface area contributed by atoms with Gasteiger partial charge in [-0.3, -0.25) is 4.79 Å². The van der Waals surface area contributed by atoms with Gasteiger partial charge in [0, 0.05) is 24.6 Å². The van der Waals surface area contributed by atoms with Gasteiger partial charge < -0.3 is 4.90 Å². The molecule has 2 nitrogen and oxygen atoms in total. The number of hydrogen-bond acceptors (Lipinski definition) is 1. The number of fused-ring (bicyclic) bond motifs is 3. The van der Waals surface area contributed by atoms with Crippen LogP contribution >= 0.6 is 0 Å². The van der Waals surface area contributed by atoms with E-state index < -0.39 is 0 Å². The Morgan fingerprint density at radius 2 is 1.87 bits per heavy atom. The van der Waals surface area contributed by atoms with Crippen LogP contribution in [0.1, 0.15) is 12.8 Å². The van der Waals surface area contributed by atoms with E-state index in [1.807, 2.05) is 17.1 Å². The lowest BCUT2D eigenvalue weighted by molar-refractivity contribution is -0.132. The highest BCUT2D eigenvalue weighted by atomic mass is 16.2. The number of amides is 1. The highest BCUT2D eigenvalue weighted by Crippen LogP contribution is 2.34. The molecule has 4 aliphatic rings. The minimum atomic E-state index is 0.284. The van der Waals surface area contributed by atoms with Crippen molar-refractivity contribution in [3.63, 3.8) is 0 Å². The Morgan fingerprint density at radius 3 is 2.47 bits per heavy atom. The molecule has 0 aromatic carbocycles. The summed E-state index contributed by atoms with van der Waals surface area (Å²) in [6.07, 6.45) is 12.9. The molecule has 15 heavy (non-hydrogen) atoms. The third kappa shape index (κ3) is 1.44. The number of piperidine rings is 3. The fraction of sp³-hybridized carbons (Fsp3) is 0.462. The van der Waals surface area contributed by atoms with E-state index in [1.54, 1.807) is 0 Å². The molecule has 3 saturated heterocycles. The summed E-state index contributed by atoms with van der Waals surface area (Å²) in [4.78, 5) is 14.0. The molecule has 0 N–H and O–H groups in total. The van der Waals surface area contributed by atoms with Gasteiger partial charge in [-0.25, -0.2) is 0 Å². The number of carbonyl (C=O) groups excluding carboxylic acids is 1. The highest BCUT2D eigenvalue weighted by Gasteiger charge is 2.36. The summed E-state index contributed by atoms with van der Waals surface area (Å²) in [5.74, 6) is 1.17. The van der Waals surface area contributed by atoms with Crippen LogP contribution in [0.15, 0.2) is 36.0 Å². The average Bonchev–Trinajstić information content (AvgIpc) is 2.77. The molecule has 78 valence electrons. The lowest BCUT2D eigenvalue weighted by atomic mass is 9.82. The van der Waals surface area contributed by atoms with Crippen molar-refractivity contribution in [3.05, 3.63) is 36.0 Å². The van der Waals surface area contributed by atoms with Gasteiger partial charge in [0.15, 0.2) is 0 Å². The topological polar surface area (TPSA) is 20.3 Å². The van der Waals surface area contributed by atoms with Crippen molar-refractivity contribution in [1.29, 1.82) is 0 Å². The first-order valence-corrected chi connectivity index (χ1v) is 5.70. The van der Waals surface area contributed by atoms with Crippen LogP contribution in [0.3, 0.4) is 0 Å². The predicted molar refractivity (Wildman–Crippen MR) is 59.2 cm³/mol. The number of carbonyl (C=O) groups is 1. The zero-order valence-corrected chi connectivity index (χ0v) is 8.73. The van der Waals surface area contributed by atoms with Gasteiger partial charge in [0.25, 0.3) is 0 Å². The molecule has 3 fully saturated rings. The molecule has 0 unspecified atom stereocenters. The Kier molecular flexibility index (Phi) is 2.01. The van der Waals surface area contributed by atoms with Crippen LogP contribution in [0, 0.1) is 11.8 Å². The van der Waals surface area contributed by atoms with Crippen molar-refractivity contribution >= 4 is 5.91 Å². The van der Waals surface area contributed by atoms with Crippen LogP contribution in [0.25, 0.3) is 0 Å². The van der Waals surface area contributed by atoms with E-state index in [0.29, 0.717) is 11.8 Å². The Labute approximate surface area is 90.0 Å². The Bertz CT molecular complexity index is 358. The minimum absolute atomic E-state index is 0.284. The molecule has 0 aromatic rings. The maximum Gasteiger partial charge on any atom is 0.249 e. The van der Waals surface area contributed by atoms with Gasteiger partial charge in [0.05, 0.1) is 0 Å². The molecular weight excluding hydrogens is 186 g/mol.